The lowest BCUT2D eigenvalue weighted by atomic mass is 10.1. The standard InChI is InChI=1S/C18H16ClN3O2/c1-12(13-7-9-14(19)10-8-13)20-18(24)17-16(23)11-22(21-17)15-5-3-2-4-6-15/h2-12,23H,1H3,(H,20,24). The summed E-state index contributed by atoms with van der Waals surface area (Å²) in [6.07, 6.45) is 1.41. The number of nitrogens with one attached hydrogen (secondary N) is 1. The van der Waals surface area contributed by atoms with Crippen LogP contribution in [0.25, 0.3) is 5.69 Å². The Bertz CT molecular complexity index is 844. The molecule has 0 aliphatic carbocycles. The van der Waals surface area contributed by atoms with Gasteiger partial charge in [-0.25, -0.2) is 4.68 Å². The second-order valence-corrected chi connectivity index (χ2v) is 5.83. The minimum Gasteiger partial charge on any atom is -0.504 e. The fourth-order valence-corrected chi connectivity index (χ4v) is 2.47. The van der Waals surface area contributed by atoms with Crippen LogP contribution in [-0.2, 0) is 0 Å². The third kappa shape index (κ3) is 3.41. The Kier molecular flexibility index (Phi) is 4.53. The SMILES string of the molecule is CC(NC(=O)c1nn(-c2ccccc2)cc1O)c1ccc(Cl)cc1. The highest BCUT2D eigenvalue weighted by molar-refractivity contribution is 6.30. The molecule has 6 heteroatoms. The summed E-state index contributed by atoms with van der Waals surface area (Å²) in [4.78, 5) is 12.4. The van der Waals surface area contributed by atoms with E-state index < -0.39 is 5.91 Å². The zero-order valence-electron chi connectivity index (χ0n) is 13.0. The molecule has 0 saturated heterocycles. The molecule has 1 amide bonds. The maximum absolute atomic E-state index is 12.4. The molecule has 24 heavy (non-hydrogen) atoms. The van der Waals surface area contributed by atoms with Crippen molar-refractivity contribution in [1.29, 1.82) is 0 Å². The average Bonchev–Trinajstić information content (AvgIpc) is 2.98. The molecule has 0 aliphatic rings. The predicted octanol–water partition coefficient (Wildman–Crippen LogP) is 3.72. The Morgan fingerprint density at radius 3 is 2.50 bits per heavy atom. The summed E-state index contributed by atoms with van der Waals surface area (Å²) in [5.41, 5.74) is 1.66. The van der Waals surface area contributed by atoms with E-state index in [2.05, 4.69) is 10.4 Å². The lowest BCUT2D eigenvalue weighted by Gasteiger charge is -2.13. The van der Waals surface area contributed by atoms with Gasteiger partial charge in [-0.05, 0) is 36.8 Å². The number of amides is 1. The molecule has 0 saturated carbocycles. The van der Waals surface area contributed by atoms with E-state index >= 15 is 0 Å². The molecule has 0 spiro atoms. The highest BCUT2D eigenvalue weighted by Crippen LogP contribution is 2.20. The van der Waals surface area contributed by atoms with Crippen LogP contribution in [0.4, 0.5) is 0 Å². The van der Waals surface area contributed by atoms with Crippen LogP contribution in [0.2, 0.25) is 5.02 Å². The second kappa shape index (κ2) is 6.76. The van der Waals surface area contributed by atoms with Gasteiger partial charge in [-0.2, -0.15) is 5.10 Å². The molecule has 2 aromatic carbocycles. The third-order valence-corrected chi connectivity index (χ3v) is 3.90. The van der Waals surface area contributed by atoms with E-state index in [1.54, 1.807) is 12.1 Å². The third-order valence-electron chi connectivity index (χ3n) is 3.65. The molecule has 5 nitrogen and oxygen atoms in total. The van der Waals surface area contributed by atoms with Crippen LogP contribution in [-0.4, -0.2) is 20.8 Å². The summed E-state index contributed by atoms with van der Waals surface area (Å²) in [6.45, 7) is 1.85. The average molecular weight is 342 g/mol. The van der Waals surface area contributed by atoms with E-state index in [4.69, 9.17) is 11.6 Å². The van der Waals surface area contributed by atoms with Crippen molar-refractivity contribution in [3.63, 3.8) is 0 Å². The van der Waals surface area contributed by atoms with Crippen molar-refractivity contribution in [3.8, 4) is 11.4 Å². The monoisotopic (exact) mass is 341 g/mol. The van der Waals surface area contributed by atoms with Crippen LogP contribution in [0.3, 0.4) is 0 Å². The number of hydrogen-bond acceptors (Lipinski definition) is 3. The molecule has 122 valence electrons. The number of carbonyl (C=O) groups is 1. The summed E-state index contributed by atoms with van der Waals surface area (Å²) in [5.74, 6) is -0.607. The fraction of sp³-hybridized carbons (Fsp3) is 0.111. The number of aromatic nitrogens is 2. The van der Waals surface area contributed by atoms with E-state index in [0.29, 0.717) is 5.02 Å². The topological polar surface area (TPSA) is 67.2 Å². The first-order valence-electron chi connectivity index (χ1n) is 7.45. The Morgan fingerprint density at radius 1 is 1.17 bits per heavy atom. The summed E-state index contributed by atoms with van der Waals surface area (Å²) >= 11 is 5.87. The zero-order chi connectivity index (χ0) is 17.1. The second-order valence-electron chi connectivity index (χ2n) is 5.39. The van der Waals surface area contributed by atoms with Gasteiger partial charge in [-0.3, -0.25) is 4.79 Å². The summed E-state index contributed by atoms with van der Waals surface area (Å²) in [6, 6.07) is 16.3. The van der Waals surface area contributed by atoms with Crippen LogP contribution in [0, 0.1) is 0 Å². The maximum atomic E-state index is 12.4. The smallest absolute Gasteiger partial charge is 0.276 e. The number of halogens is 1. The van der Waals surface area contributed by atoms with Gasteiger partial charge in [0.1, 0.15) is 0 Å². The fourth-order valence-electron chi connectivity index (χ4n) is 2.34. The lowest BCUT2D eigenvalue weighted by Crippen LogP contribution is -2.27. The zero-order valence-corrected chi connectivity index (χ0v) is 13.7. The number of hydrogen-bond donors (Lipinski definition) is 2. The first-order valence-corrected chi connectivity index (χ1v) is 7.83. The Balaban J connectivity index is 1.78. The lowest BCUT2D eigenvalue weighted by molar-refractivity contribution is 0.0932. The molecule has 2 N–H and O–H groups in total. The van der Waals surface area contributed by atoms with Crippen molar-refractivity contribution < 1.29 is 9.90 Å². The van der Waals surface area contributed by atoms with Crippen LogP contribution in [0.15, 0.2) is 60.8 Å². The number of nitrogens with zero attached hydrogens (tertiary/aromatic N) is 2. The highest BCUT2D eigenvalue weighted by atomic mass is 35.5. The Labute approximate surface area is 144 Å². The summed E-state index contributed by atoms with van der Waals surface area (Å²) < 4.78 is 1.47. The van der Waals surface area contributed by atoms with Crippen LogP contribution >= 0.6 is 11.6 Å². The molecule has 1 aromatic heterocycles. The normalized spacial score (nSPS) is 11.9. The van der Waals surface area contributed by atoms with E-state index in [0.717, 1.165) is 11.3 Å². The van der Waals surface area contributed by atoms with Crippen molar-refractivity contribution in [1.82, 2.24) is 15.1 Å². The van der Waals surface area contributed by atoms with Crippen LogP contribution in [0.5, 0.6) is 5.75 Å². The van der Waals surface area contributed by atoms with Gasteiger partial charge in [0, 0.05) is 5.02 Å². The molecule has 3 aromatic rings. The van der Waals surface area contributed by atoms with Gasteiger partial charge >= 0.3 is 0 Å². The number of para-hydroxylation sites is 1. The molecular formula is C18H16ClN3O2. The molecule has 3 rings (SSSR count). The minimum absolute atomic E-state index is 0.0142. The molecule has 0 bridgehead atoms. The largest absolute Gasteiger partial charge is 0.504 e. The quantitative estimate of drug-likeness (QED) is 0.760. The number of rotatable bonds is 4. The van der Waals surface area contributed by atoms with Gasteiger partial charge in [-0.15, -0.1) is 0 Å². The van der Waals surface area contributed by atoms with E-state index in [1.165, 1.54) is 10.9 Å². The maximum Gasteiger partial charge on any atom is 0.276 e. The van der Waals surface area contributed by atoms with Crippen molar-refractivity contribution in [2.75, 3.05) is 0 Å². The van der Waals surface area contributed by atoms with Crippen molar-refractivity contribution in [2.24, 2.45) is 0 Å². The Hall–Kier alpha value is -2.79. The molecule has 0 radical (unpaired) electrons. The van der Waals surface area contributed by atoms with E-state index in [9.17, 15) is 9.90 Å². The van der Waals surface area contributed by atoms with E-state index in [-0.39, 0.29) is 17.5 Å². The number of aromatic hydroxyl groups is 1. The molecule has 0 fully saturated rings. The molecule has 1 heterocycles. The first-order chi connectivity index (χ1) is 11.5. The van der Waals surface area contributed by atoms with Crippen molar-refractivity contribution in [3.05, 3.63) is 77.1 Å². The molecule has 0 aliphatic heterocycles. The predicted molar refractivity (Wildman–Crippen MR) is 92.6 cm³/mol. The minimum atomic E-state index is -0.440. The number of benzene rings is 2. The van der Waals surface area contributed by atoms with Gasteiger partial charge in [0.2, 0.25) is 0 Å². The van der Waals surface area contributed by atoms with Crippen LogP contribution < -0.4 is 5.32 Å². The number of carbonyl (C=O) groups excluding carboxylic acids is 1. The van der Waals surface area contributed by atoms with Gasteiger partial charge in [0.15, 0.2) is 11.4 Å². The van der Waals surface area contributed by atoms with E-state index in [1.807, 2.05) is 49.4 Å². The van der Waals surface area contributed by atoms with Crippen LogP contribution in [0.1, 0.15) is 29.0 Å². The van der Waals surface area contributed by atoms with Gasteiger partial charge < -0.3 is 10.4 Å². The summed E-state index contributed by atoms with van der Waals surface area (Å²) in [7, 11) is 0. The summed E-state index contributed by atoms with van der Waals surface area (Å²) in [5, 5.41) is 17.7. The molecule has 1 atom stereocenters. The van der Waals surface area contributed by atoms with Crippen molar-refractivity contribution in [2.45, 2.75) is 13.0 Å². The van der Waals surface area contributed by atoms with Gasteiger partial charge in [-0.1, -0.05) is 41.9 Å². The molecular weight excluding hydrogens is 326 g/mol. The first kappa shape index (κ1) is 16.1. The van der Waals surface area contributed by atoms with Gasteiger partial charge in [0.25, 0.3) is 5.91 Å². The van der Waals surface area contributed by atoms with Gasteiger partial charge in [0.05, 0.1) is 17.9 Å². The van der Waals surface area contributed by atoms with Crippen molar-refractivity contribution >= 4 is 17.5 Å². The Morgan fingerprint density at radius 2 is 1.83 bits per heavy atom. The highest BCUT2D eigenvalue weighted by Gasteiger charge is 2.19. The molecule has 1 unspecified atom stereocenters.